The molecule has 1 aliphatic carbocycles. The summed E-state index contributed by atoms with van der Waals surface area (Å²) in [5.41, 5.74) is 2.62. The van der Waals surface area contributed by atoms with Crippen LogP contribution >= 0.6 is 0 Å². The molecule has 1 aromatic heterocycles. The van der Waals surface area contributed by atoms with Crippen LogP contribution in [0.2, 0.25) is 0 Å². The van der Waals surface area contributed by atoms with Gasteiger partial charge in [0.1, 0.15) is 5.69 Å². The fourth-order valence-corrected chi connectivity index (χ4v) is 5.42. The van der Waals surface area contributed by atoms with Crippen LogP contribution in [-0.4, -0.2) is 54.0 Å². The van der Waals surface area contributed by atoms with E-state index in [-0.39, 0.29) is 5.56 Å². The summed E-state index contributed by atoms with van der Waals surface area (Å²) in [6.45, 7) is 5.05. The second-order valence-corrected chi connectivity index (χ2v) is 10.2. The fourth-order valence-electron chi connectivity index (χ4n) is 5.42. The van der Waals surface area contributed by atoms with Gasteiger partial charge in [0.2, 0.25) is 5.75 Å². The summed E-state index contributed by atoms with van der Waals surface area (Å²) in [6, 6.07) is 20.0. The summed E-state index contributed by atoms with van der Waals surface area (Å²) in [6.07, 6.45) is 13.8. The van der Waals surface area contributed by atoms with Crippen molar-refractivity contribution in [1.82, 2.24) is 14.7 Å². The number of para-hydroxylation sites is 1. The van der Waals surface area contributed by atoms with Gasteiger partial charge in [-0.15, -0.1) is 0 Å². The van der Waals surface area contributed by atoms with Gasteiger partial charge in [-0.1, -0.05) is 92.8 Å². The minimum atomic E-state index is -0.180. The molecule has 0 bridgehead atoms. The third-order valence-electron chi connectivity index (χ3n) is 7.60. The van der Waals surface area contributed by atoms with E-state index in [0.717, 1.165) is 50.5 Å². The van der Waals surface area contributed by atoms with E-state index < -0.39 is 0 Å². The third-order valence-corrected chi connectivity index (χ3v) is 7.60. The van der Waals surface area contributed by atoms with Gasteiger partial charge in [-0.3, -0.25) is 9.69 Å². The average molecular weight is 499 g/mol. The number of anilines is 1. The Morgan fingerprint density at radius 1 is 0.892 bits per heavy atom. The van der Waals surface area contributed by atoms with Crippen molar-refractivity contribution < 1.29 is 4.74 Å². The largest absolute Gasteiger partial charge is 0.486 e. The van der Waals surface area contributed by atoms with Crippen molar-refractivity contribution in [2.75, 3.05) is 44.2 Å². The maximum Gasteiger partial charge on any atom is 0.316 e. The highest BCUT2D eigenvalue weighted by molar-refractivity contribution is 5.57. The Hall–Kier alpha value is -3.38. The fraction of sp³-hybridized carbons (Fsp3) is 0.419. The molecule has 3 aromatic rings. The monoisotopic (exact) mass is 498 g/mol. The first kappa shape index (κ1) is 25.3. The summed E-state index contributed by atoms with van der Waals surface area (Å²) in [4.78, 5) is 18.3. The second kappa shape index (κ2) is 12.7. The molecule has 0 spiro atoms. The predicted molar refractivity (Wildman–Crippen MR) is 151 cm³/mol. The number of hydrogen-bond donors (Lipinski definition) is 0. The van der Waals surface area contributed by atoms with E-state index in [2.05, 4.69) is 51.3 Å². The van der Waals surface area contributed by atoms with Gasteiger partial charge in [0.15, 0.2) is 0 Å². The van der Waals surface area contributed by atoms with Crippen LogP contribution in [0.25, 0.3) is 11.8 Å². The summed E-state index contributed by atoms with van der Waals surface area (Å²) < 4.78 is 7.75. The summed E-state index contributed by atoms with van der Waals surface area (Å²) in [7, 11) is 0. The molecule has 6 heteroatoms. The van der Waals surface area contributed by atoms with Crippen LogP contribution in [0.1, 0.15) is 44.1 Å². The zero-order valence-electron chi connectivity index (χ0n) is 21.7. The Morgan fingerprint density at radius 3 is 2.32 bits per heavy atom. The Kier molecular flexibility index (Phi) is 8.70. The van der Waals surface area contributed by atoms with Gasteiger partial charge >= 0.3 is 5.56 Å². The maximum atomic E-state index is 13.6. The molecule has 6 nitrogen and oxygen atoms in total. The number of ether oxygens (including phenoxy) is 1. The predicted octanol–water partition coefficient (Wildman–Crippen LogP) is 5.42. The minimum Gasteiger partial charge on any atom is -0.486 e. The zero-order valence-corrected chi connectivity index (χ0v) is 21.7. The molecule has 194 valence electrons. The lowest BCUT2D eigenvalue weighted by molar-refractivity contribution is 0.241. The maximum absolute atomic E-state index is 13.6. The smallest absolute Gasteiger partial charge is 0.316 e. The van der Waals surface area contributed by atoms with Crippen LogP contribution in [0.5, 0.6) is 5.75 Å². The quantitative estimate of drug-likeness (QED) is 0.394. The Balaban J connectivity index is 1.27. The second-order valence-electron chi connectivity index (χ2n) is 10.2. The number of nitrogens with zero attached hydrogens (tertiary/aromatic N) is 4. The van der Waals surface area contributed by atoms with E-state index in [1.807, 2.05) is 42.6 Å². The molecule has 2 aliphatic rings. The number of hydrogen-bond acceptors (Lipinski definition) is 5. The van der Waals surface area contributed by atoms with E-state index >= 15 is 0 Å². The lowest BCUT2D eigenvalue weighted by atomic mass is 9.87. The van der Waals surface area contributed by atoms with E-state index in [0.29, 0.717) is 18.3 Å². The molecule has 1 saturated heterocycles. The summed E-state index contributed by atoms with van der Waals surface area (Å²) in [5, 5.41) is 4.54. The third kappa shape index (κ3) is 6.69. The molecule has 0 atom stereocenters. The van der Waals surface area contributed by atoms with Crippen molar-refractivity contribution in [2.45, 2.75) is 38.5 Å². The highest BCUT2D eigenvalue weighted by Gasteiger charge is 2.23. The molecule has 2 aromatic carbocycles. The number of rotatable bonds is 9. The van der Waals surface area contributed by atoms with Gasteiger partial charge in [-0.25, -0.2) is 0 Å². The standard InChI is InChI=1S/C31H38N4O2/c36-31-30(37-24-18-27-13-6-2-7-14-27)29(25-32-35(31)28-16-8-3-9-17-28)34-22-20-33(21-23-34)19-10-15-26-11-4-1-5-12-26/h1,3-5,8-12,15-17,25,27H,2,6-7,13-14,18-24H2/b15-10+. The van der Waals surface area contributed by atoms with E-state index in [4.69, 9.17) is 4.74 Å². The van der Waals surface area contributed by atoms with Crippen LogP contribution in [0, 0.1) is 5.92 Å². The summed E-state index contributed by atoms with van der Waals surface area (Å²) in [5.74, 6) is 1.15. The normalized spacial score (nSPS) is 17.4. The SMILES string of the molecule is O=c1c(OCCC2CCCCC2)c(N2CCN(C/C=C/c3ccccc3)CC2)cnn1-c1ccccc1. The highest BCUT2D eigenvalue weighted by Crippen LogP contribution is 2.29. The molecule has 1 aliphatic heterocycles. The lowest BCUT2D eigenvalue weighted by Gasteiger charge is -2.36. The number of aromatic nitrogens is 2. The first-order valence-corrected chi connectivity index (χ1v) is 13.8. The molecule has 0 radical (unpaired) electrons. The van der Waals surface area contributed by atoms with Gasteiger partial charge in [0.25, 0.3) is 0 Å². The zero-order chi connectivity index (χ0) is 25.3. The topological polar surface area (TPSA) is 50.6 Å². The van der Waals surface area contributed by atoms with Gasteiger partial charge in [0, 0.05) is 32.7 Å². The van der Waals surface area contributed by atoms with Crippen LogP contribution in [0.15, 0.2) is 77.7 Å². The Bertz CT molecular complexity index is 1190. The molecule has 2 fully saturated rings. The Morgan fingerprint density at radius 2 is 1.59 bits per heavy atom. The van der Waals surface area contributed by atoms with Gasteiger partial charge < -0.3 is 9.64 Å². The number of piperazine rings is 1. The van der Waals surface area contributed by atoms with Gasteiger partial charge in [0.05, 0.1) is 18.5 Å². The molecule has 1 saturated carbocycles. The van der Waals surface area contributed by atoms with Crippen molar-refractivity contribution in [3.8, 4) is 11.4 Å². The molecular formula is C31H38N4O2. The molecule has 37 heavy (non-hydrogen) atoms. The summed E-state index contributed by atoms with van der Waals surface area (Å²) >= 11 is 0. The first-order valence-electron chi connectivity index (χ1n) is 13.8. The molecule has 0 amide bonds. The van der Waals surface area contributed by atoms with E-state index in [9.17, 15) is 4.79 Å². The van der Waals surface area contributed by atoms with Crippen molar-refractivity contribution in [3.05, 3.63) is 88.9 Å². The van der Waals surface area contributed by atoms with Crippen molar-refractivity contribution in [3.63, 3.8) is 0 Å². The average Bonchev–Trinajstić information content (AvgIpc) is 2.96. The van der Waals surface area contributed by atoms with Crippen molar-refractivity contribution in [1.29, 1.82) is 0 Å². The van der Waals surface area contributed by atoms with Gasteiger partial charge in [-0.2, -0.15) is 9.78 Å². The van der Waals surface area contributed by atoms with Crippen LogP contribution in [0.3, 0.4) is 0 Å². The molecule has 0 N–H and O–H groups in total. The molecular weight excluding hydrogens is 460 g/mol. The van der Waals surface area contributed by atoms with Crippen LogP contribution < -0.4 is 15.2 Å². The lowest BCUT2D eigenvalue weighted by Crippen LogP contribution is -2.47. The molecule has 2 heterocycles. The van der Waals surface area contributed by atoms with Gasteiger partial charge in [-0.05, 0) is 30.0 Å². The van der Waals surface area contributed by atoms with E-state index in [1.165, 1.54) is 42.3 Å². The van der Waals surface area contributed by atoms with Crippen molar-refractivity contribution in [2.24, 2.45) is 5.92 Å². The molecule has 5 rings (SSSR count). The van der Waals surface area contributed by atoms with E-state index in [1.54, 1.807) is 0 Å². The highest BCUT2D eigenvalue weighted by atomic mass is 16.5. The molecule has 0 unspecified atom stereocenters. The number of benzene rings is 2. The van der Waals surface area contributed by atoms with Crippen LogP contribution in [0.4, 0.5) is 5.69 Å². The van der Waals surface area contributed by atoms with Crippen molar-refractivity contribution >= 4 is 11.8 Å². The minimum absolute atomic E-state index is 0.180. The first-order chi connectivity index (χ1) is 18.3. The van der Waals surface area contributed by atoms with Crippen LogP contribution in [-0.2, 0) is 0 Å². The Labute approximate surface area is 220 Å².